The first-order valence-corrected chi connectivity index (χ1v) is 7.36. The maximum atomic E-state index is 12.5. The zero-order valence-electron chi connectivity index (χ0n) is 12.4. The van der Waals surface area contributed by atoms with Gasteiger partial charge >= 0.3 is 5.97 Å². The van der Waals surface area contributed by atoms with E-state index in [1.54, 1.807) is 11.8 Å². The van der Waals surface area contributed by atoms with Gasteiger partial charge in [0.1, 0.15) is 6.04 Å². The fourth-order valence-electron chi connectivity index (χ4n) is 2.90. The lowest BCUT2D eigenvalue weighted by atomic mass is 10.0. The van der Waals surface area contributed by atoms with E-state index in [0.717, 1.165) is 0 Å². The van der Waals surface area contributed by atoms with E-state index in [-0.39, 0.29) is 11.6 Å². The molecule has 1 N–H and O–H groups in total. The molecule has 2 saturated heterocycles. The predicted molar refractivity (Wildman–Crippen MR) is 74.3 cm³/mol. The highest BCUT2D eigenvalue weighted by molar-refractivity contribution is 5.85. The second-order valence-corrected chi connectivity index (χ2v) is 5.60. The molecule has 1 unspecified atom stereocenters. The second kappa shape index (κ2) is 5.69. The lowest BCUT2D eigenvalue weighted by Gasteiger charge is -2.38. The Balaban J connectivity index is 1.62. The number of carbonyl (C=O) groups excluding carboxylic acids is 1. The molecule has 1 spiro atoms. The Bertz CT molecular complexity index is 569. The number of ether oxygens (including phenoxy) is 2. The average Bonchev–Trinajstić information content (AvgIpc) is 3.16. The van der Waals surface area contributed by atoms with Gasteiger partial charge in [-0.25, -0.2) is 4.79 Å². The van der Waals surface area contributed by atoms with Gasteiger partial charge in [0.2, 0.25) is 5.91 Å². The van der Waals surface area contributed by atoms with Crippen LogP contribution in [-0.2, 0) is 14.3 Å². The van der Waals surface area contributed by atoms with E-state index >= 15 is 0 Å². The number of likely N-dealkylation sites (tertiary alicyclic amines) is 1. The van der Waals surface area contributed by atoms with Crippen molar-refractivity contribution in [3.8, 4) is 0 Å². The monoisotopic (exact) mass is 309 g/mol. The molecule has 3 rings (SSSR count). The Morgan fingerprint density at radius 2 is 1.95 bits per heavy atom. The van der Waals surface area contributed by atoms with Crippen LogP contribution in [-0.4, -0.2) is 63.8 Å². The Kier molecular flexibility index (Phi) is 3.88. The number of piperidine rings is 1. The van der Waals surface area contributed by atoms with Gasteiger partial charge < -0.3 is 19.5 Å². The quantitative estimate of drug-likeness (QED) is 0.874. The number of amides is 1. The highest BCUT2D eigenvalue weighted by Gasteiger charge is 2.41. The van der Waals surface area contributed by atoms with Gasteiger partial charge in [-0.2, -0.15) is 5.10 Å². The van der Waals surface area contributed by atoms with Gasteiger partial charge in [0.15, 0.2) is 11.5 Å². The first-order valence-electron chi connectivity index (χ1n) is 7.36. The van der Waals surface area contributed by atoms with Gasteiger partial charge in [-0.1, -0.05) is 0 Å². The molecule has 1 atom stereocenters. The highest BCUT2D eigenvalue weighted by atomic mass is 16.7. The minimum absolute atomic E-state index is 0.0648. The summed E-state index contributed by atoms with van der Waals surface area (Å²) in [5.74, 6) is -1.69. The van der Waals surface area contributed by atoms with Crippen LogP contribution in [0.15, 0.2) is 12.3 Å². The maximum Gasteiger partial charge on any atom is 0.356 e. The fourth-order valence-corrected chi connectivity index (χ4v) is 2.90. The number of hydrogen-bond acceptors (Lipinski definition) is 5. The van der Waals surface area contributed by atoms with Crippen molar-refractivity contribution in [1.82, 2.24) is 14.7 Å². The molecule has 1 amide bonds. The molecule has 0 aliphatic carbocycles. The SMILES string of the molecule is CC(C(=O)N1CCC2(CC1)OCCO2)n1ccc(C(=O)O)n1. The van der Waals surface area contributed by atoms with Crippen molar-refractivity contribution in [2.45, 2.75) is 31.6 Å². The van der Waals surface area contributed by atoms with Crippen molar-refractivity contribution < 1.29 is 24.2 Å². The molecule has 0 aromatic carbocycles. The van der Waals surface area contributed by atoms with Crippen LogP contribution in [0.1, 0.15) is 36.3 Å². The van der Waals surface area contributed by atoms with Crippen molar-refractivity contribution >= 4 is 11.9 Å². The summed E-state index contributed by atoms with van der Waals surface area (Å²) in [4.78, 5) is 25.1. The van der Waals surface area contributed by atoms with E-state index < -0.39 is 17.8 Å². The van der Waals surface area contributed by atoms with Crippen LogP contribution < -0.4 is 0 Å². The van der Waals surface area contributed by atoms with E-state index in [1.807, 2.05) is 0 Å². The molecule has 2 aliphatic rings. The largest absolute Gasteiger partial charge is 0.476 e. The van der Waals surface area contributed by atoms with Crippen LogP contribution in [0.25, 0.3) is 0 Å². The molecule has 2 fully saturated rings. The zero-order chi connectivity index (χ0) is 15.7. The lowest BCUT2D eigenvalue weighted by molar-refractivity contribution is -0.188. The van der Waals surface area contributed by atoms with Crippen molar-refractivity contribution in [3.05, 3.63) is 18.0 Å². The number of carbonyl (C=O) groups is 2. The van der Waals surface area contributed by atoms with Gasteiger partial charge in [0.25, 0.3) is 0 Å². The van der Waals surface area contributed by atoms with E-state index in [0.29, 0.717) is 39.1 Å². The molecular formula is C14H19N3O5. The molecule has 0 bridgehead atoms. The van der Waals surface area contributed by atoms with E-state index in [4.69, 9.17) is 14.6 Å². The smallest absolute Gasteiger partial charge is 0.356 e. The lowest BCUT2D eigenvalue weighted by Crippen LogP contribution is -2.48. The predicted octanol–water partition coefficient (Wildman–Crippen LogP) is 0.508. The number of carboxylic acid groups (broad SMARTS) is 1. The van der Waals surface area contributed by atoms with Crippen LogP contribution in [0.5, 0.6) is 0 Å². The Morgan fingerprint density at radius 3 is 2.50 bits per heavy atom. The summed E-state index contributed by atoms with van der Waals surface area (Å²) in [5, 5.41) is 12.8. The number of nitrogens with zero attached hydrogens (tertiary/aromatic N) is 3. The topological polar surface area (TPSA) is 93.9 Å². The minimum Gasteiger partial charge on any atom is -0.476 e. The van der Waals surface area contributed by atoms with E-state index in [2.05, 4.69) is 5.10 Å². The van der Waals surface area contributed by atoms with Crippen molar-refractivity contribution in [3.63, 3.8) is 0 Å². The molecular weight excluding hydrogens is 290 g/mol. The molecule has 1 aromatic heterocycles. The third kappa shape index (κ3) is 2.71. The van der Waals surface area contributed by atoms with Crippen LogP contribution >= 0.6 is 0 Å². The molecule has 3 heterocycles. The van der Waals surface area contributed by atoms with Gasteiger partial charge in [-0.05, 0) is 13.0 Å². The van der Waals surface area contributed by atoms with Gasteiger partial charge in [0, 0.05) is 32.1 Å². The fraction of sp³-hybridized carbons (Fsp3) is 0.643. The summed E-state index contributed by atoms with van der Waals surface area (Å²) in [6, 6.07) is 0.852. The van der Waals surface area contributed by atoms with Crippen LogP contribution in [0.4, 0.5) is 0 Å². The minimum atomic E-state index is -1.10. The summed E-state index contributed by atoms with van der Waals surface area (Å²) < 4.78 is 12.7. The molecule has 1 aromatic rings. The molecule has 0 radical (unpaired) electrons. The normalized spacial score (nSPS) is 22.0. The summed E-state index contributed by atoms with van der Waals surface area (Å²) in [5.41, 5.74) is -0.0648. The number of carboxylic acids is 1. The molecule has 2 aliphatic heterocycles. The third-order valence-corrected chi connectivity index (χ3v) is 4.23. The molecule has 22 heavy (non-hydrogen) atoms. The third-order valence-electron chi connectivity index (χ3n) is 4.23. The molecule has 120 valence electrons. The number of rotatable bonds is 3. The summed E-state index contributed by atoms with van der Waals surface area (Å²) >= 11 is 0. The summed E-state index contributed by atoms with van der Waals surface area (Å²) in [6.45, 7) is 4.06. The number of hydrogen-bond donors (Lipinski definition) is 1. The van der Waals surface area contributed by atoms with Crippen LogP contribution in [0.2, 0.25) is 0 Å². The number of aromatic carboxylic acids is 1. The Morgan fingerprint density at radius 1 is 1.32 bits per heavy atom. The van der Waals surface area contributed by atoms with Gasteiger partial charge in [0.05, 0.1) is 13.2 Å². The van der Waals surface area contributed by atoms with Crippen LogP contribution in [0.3, 0.4) is 0 Å². The van der Waals surface area contributed by atoms with Gasteiger partial charge in [-0.3, -0.25) is 9.48 Å². The maximum absolute atomic E-state index is 12.5. The summed E-state index contributed by atoms with van der Waals surface area (Å²) in [7, 11) is 0. The molecule has 8 nitrogen and oxygen atoms in total. The van der Waals surface area contributed by atoms with Crippen molar-refractivity contribution in [2.75, 3.05) is 26.3 Å². The molecule has 8 heteroatoms. The van der Waals surface area contributed by atoms with Crippen molar-refractivity contribution in [1.29, 1.82) is 0 Å². The number of aromatic nitrogens is 2. The Hall–Kier alpha value is -1.93. The van der Waals surface area contributed by atoms with Crippen molar-refractivity contribution in [2.24, 2.45) is 0 Å². The second-order valence-electron chi connectivity index (χ2n) is 5.60. The summed E-state index contributed by atoms with van der Waals surface area (Å²) in [6.07, 6.45) is 2.83. The average molecular weight is 309 g/mol. The zero-order valence-corrected chi connectivity index (χ0v) is 12.4. The molecule has 0 saturated carbocycles. The van der Waals surface area contributed by atoms with E-state index in [9.17, 15) is 9.59 Å². The Labute approximate surface area is 127 Å². The van der Waals surface area contributed by atoms with Crippen LogP contribution in [0, 0.1) is 0 Å². The first-order chi connectivity index (χ1) is 10.5. The van der Waals surface area contributed by atoms with Gasteiger partial charge in [-0.15, -0.1) is 0 Å². The first kappa shape index (κ1) is 15.0. The highest BCUT2D eigenvalue weighted by Crippen LogP contribution is 2.31. The standard InChI is InChI=1S/C14H19N3O5/c1-10(17-5-2-11(15-17)13(19)20)12(18)16-6-3-14(4-7-16)21-8-9-22-14/h2,5,10H,3-4,6-9H2,1H3,(H,19,20). The van der Waals surface area contributed by atoms with E-state index in [1.165, 1.54) is 16.9 Å².